The smallest absolute Gasteiger partial charge is 0.316 e. The molecular formula is H3ClMgO3. The Labute approximate surface area is 48.2 Å². The largest absolute Gasteiger partial charge is 0.321 e. The number of hydrogen-bond donors (Lipinski definition) is 1. The summed E-state index contributed by atoms with van der Waals surface area (Å²) in [4.78, 5) is 0. The summed E-state index contributed by atoms with van der Waals surface area (Å²) in [6.45, 7) is 0. The van der Waals surface area contributed by atoms with Gasteiger partial charge in [0.2, 0.25) is 0 Å². The Morgan fingerprint density at radius 3 is 1.40 bits per heavy atom. The van der Waals surface area contributed by atoms with Crippen LogP contribution in [-0.4, -0.2) is 27.7 Å². The van der Waals surface area contributed by atoms with Crippen molar-refractivity contribution in [1.29, 1.82) is 0 Å². The summed E-state index contributed by atoms with van der Waals surface area (Å²) in [5.41, 5.74) is 0. The van der Waals surface area contributed by atoms with Crippen LogP contribution < -0.4 is 9.32 Å². The zero-order valence-electron chi connectivity index (χ0n) is 1.64. The summed E-state index contributed by atoms with van der Waals surface area (Å²) in [6.07, 6.45) is 0. The van der Waals surface area contributed by atoms with Crippen molar-refractivity contribution >= 4 is 23.1 Å². The van der Waals surface area contributed by atoms with Gasteiger partial charge in [-0.1, -0.05) is 0 Å². The second-order valence-electron chi connectivity index (χ2n) is 0.201. The van der Waals surface area contributed by atoms with Gasteiger partial charge in [0.15, 0.2) is 0 Å². The van der Waals surface area contributed by atoms with Gasteiger partial charge >= 0.3 is 23.1 Å². The Kier molecular flexibility index (Phi) is 9.22. The first-order valence-electron chi connectivity index (χ1n) is 0.478. The lowest BCUT2D eigenvalue weighted by Gasteiger charge is -1.72. The Bertz CT molecular complexity index is 11.6. The van der Waals surface area contributed by atoms with E-state index in [0.29, 0.717) is 0 Å². The monoisotopic (exact) mass is 110 g/mol. The summed E-state index contributed by atoms with van der Waals surface area (Å²) in [7, 11) is -2.60. The van der Waals surface area contributed by atoms with E-state index in [2.05, 4.69) is 0 Å². The Morgan fingerprint density at radius 1 is 1.40 bits per heavy atom. The lowest BCUT2D eigenvalue weighted by Crippen LogP contribution is -2.30. The first-order chi connectivity index (χ1) is 1.73. The van der Waals surface area contributed by atoms with E-state index in [1.165, 1.54) is 0 Å². The van der Waals surface area contributed by atoms with E-state index in [0.717, 1.165) is 0 Å². The van der Waals surface area contributed by atoms with Crippen molar-refractivity contribution in [3.63, 3.8) is 0 Å². The highest BCUT2D eigenvalue weighted by molar-refractivity contribution is 5.75. The lowest BCUT2D eigenvalue weighted by atomic mass is 15.8. The van der Waals surface area contributed by atoms with Gasteiger partial charge in [-0.25, -0.2) is 0 Å². The minimum absolute atomic E-state index is 0. The summed E-state index contributed by atoms with van der Waals surface area (Å²) >= 11 is 0. The first kappa shape index (κ1) is 9.34. The molecule has 0 aliphatic heterocycles. The molecule has 0 heterocycles. The van der Waals surface area contributed by atoms with E-state index in [1.807, 2.05) is 0 Å². The molecule has 0 aromatic carbocycles. The van der Waals surface area contributed by atoms with Crippen LogP contribution in [0.1, 0.15) is 0 Å². The van der Waals surface area contributed by atoms with E-state index < -0.39 is 10.8 Å². The maximum absolute atomic E-state index is 8.52. The molecule has 0 aliphatic rings. The van der Waals surface area contributed by atoms with Gasteiger partial charge in [-0.05, 0) is 0 Å². The molecule has 0 atom stereocenters. The standard InChI is InChI=1S/ClHO3.Mg.2H/c2-1(3)4;;;/h2H;;;. The van der Waals surface area contributed by atoms with Gasteiger partial charge in [-0.3, -0.25) is 0 Å². The highest BCUT2D eigenvalue weighted by atomic mass is 35.6. The normalized spacial score (nSPS) is 7.20. The van der Waals surface area contributed by atoms with Gasteiger partial charge in [-0.15, -0.1) is 0 Å². The molecule has 0 aliphatic carbocycles. The zero-order chi connectivity index (χ0) is 3.58. The number of halogens is 1. The molecule has 5 heavy (non-hydrogen) atoms. The molecule has 0 bridgehead atoms. The Balaban J connectivity index is 0. The molecule has 0 spiro atoms. The molecule has 5 heteroatoms. The third-order valence-electron chi connectivity index (χ3n) is 0. The molecule has 0 radical (unpaired) electrons. The molecule has 0 aromatic rings. The van der Waals surface area contributed by atoms with Crippen LogP contribution in [0.15, 0.2) is 0 Å². The fourth-order valence-electron chi connectivity index (χ4n) is 0. The van der Waals surface area contributed by atoms with Crippen LogP contribution in [0, 0.1) is 10.8 Å². The molecular weight excluding hydrogens is 108 g/mol. The van der Waals surface area contributed by atoms with Gasteiger partial charge in [0.1, 0.15) is 0 Å². The molecule has 0 saturated heterocycles. The van der Waals surface area contributed by atoms with Gasteiger partial charge in [0.05, 0.1) is 0 Å². The van der Waals surface area contributed by atoms with Crippen LogP contribution in [0.4, 0.5) is 0 Å². The highest BCUT2D eigenvalue weighted by Gasteiger charge is 1.79. The first-order valence-corrected chi connectivity index (χ1v) is 1.43. The van der Waals surface area contributed by atoms with Crippen molar-refractivity contribution in [3.05, 3.63) is 0 Å². The average molecular weight is 111 g/mol. The summed E-state index contributed by atoms with van der Waals surface area (Å²) in [6, 6.07) is 0. The molecule has 0 amide bonds. The molecule has 0 rings (SSSR count). The van der Waals surface area contributed by atoms with Crippen molar-refractivity contribution in [1.82, 2.24) is 0 Å². The molecule has 0 saturated carbocycles. The maximum atomic E-state index is 8.52. The zero-order valence-corrected chi connectivity index (χ0v) is 2.40. The van der Waals surface area contributed by atoms with Crippen LogP contribution in [0.25, 0.3) is 0 Å². The molecule has 30 valence electrons. The molecule has 0 aromatic heterocycles. The average Bonchev–Trinajstić information content (AvgIpc) is 0.811. The predicted octanol–water partition coefficient (Wildman–Crippen LogP) is -3.85. The van der Waals surface area contributed by atoms with E-state index in [-0.39, 0.29) is 23.1 Å². The third kappa shape index (κ3) is 48.6. The predicted molar refractivity (Wildman–Crippen MR) is 10.8 cm³/mol. The van der Waals surface area contributed by atoms with Crippen molar-refractivity contribution in [2.75, 3.05) is 0 Å². The fourth-order valence-corrected chi connectivity index (χ4v) is 0. The summed E-state index contributed by atoms with van der Waals surface area (Å²) < 4.78 is 24.0. The molecule has 3 nitrogen and oxygen atoms in total. The number of rotatable bonds is 0. The second-order valence-corrected chi connectivity index (χ2v) is 0.603. The van der Waals surface area contributed by atoms with Crippen molar-refractivity contribution in [3.8, 4) is 0 Å². The Hall–Kier alpha value is 0.936. The van der Waals surface area contributed by atoms with Crippen molar-refractivity contribution in [2.45, 2.75) is 0 Å². The van der Waals surface area contributed by atoms with Gasteiger partial charge in [-0.2, -0.15) is 0 Å². The quantitative estimate of drug-likeness (QED) is 0.325. The summed E-state index contributed by atoms with van der Waals surface area (Å²) in [5.74, 6) is 0. The maximum Gasteiger partial charge on any atom is 0.316 e. The van der Waals surface area contributed by atoms with Gasteiger partial charge < -0.3 is 9.32 Å². The van der Waals surface area contributed by atoms with E-state index >= 15 is 0 Å². The minimum Gasteiger partial charge on any atom is -0.321 e. The van der Waals surface area contributed by atoms with E-state index in [1.54, 1.807) is 0 Å². The molecule has 0 fully saturated rings. The van der Waals surface area contributed by atoms with Crippen LogP contribution in [-0.2, 0) is 0 Å². The van der Waals surface area contributed by atoms with Crippen LogP contribution in [0.2, 0.25) is 0 Å². The van der Waals surface area contributed by atoms with Crippen LogP contribution in [0.5, 0.6) is 0 Å². The lowest BCUT2D eigenvalue weighted by molar-refractivity contribution is -1.63. The van der Waals surface area contributed by atoms with E-state index in [4.69, 9.17) is 14.0 Å². The Morgan fingerprint density at radius 2 is 1.40 bits per heavy atom. The second kappa shape index (κ2) is 4.94. The van der Waals surface area contributed by atoms with Crippen LogP contribution >= 0.6 is 0 Å². The summed E-state index contributed by atoms with van der Waals surface area (Å²) in [5, 5.41) is 0. The topological polar surface area (TPSA) is 66.3 Å². The van der Waals surface area contributed by atoms with Crippen LogP contribution in [0.3, 0.4) is 0 Å². The van der Waals surface area contributed by atoms with Gasteiger partial charge in [0.25, 0.3) is 10.8 Å². The molecule has 1 N–H and O–H groups in total. The number of hydrogen-bond acceptors (Lipinski definition) is 3. The molecule has 0 unspecified atom stereocenters. The minimum atomic E-state index is -2.60. The van der Waals surface area contributed by atoms with Crippen molar-refractivity contribution in [2.24, 2.45) is 0 Å². The SMILES string of the molecule is [MgH2].[O-][Cl+2]([O-])O. The highest BCUT2D eigenvalue weighted by Crippen LogP contribution is 1.38. The third-order valence-corrected chi connectivity index (χ3v) is 0. The van der Waals surface area contributed by atoms with Crippen molar-refractivity contribution < 1.29 is 24.8 Å². The fraction of sp³-hybridized carbons (Fsp3) is 0. The van der Waals surface area contributed by atoms with E-state index in [9.17, 15) is 0 Å². The van der Waals surface area contributed by atoms with Gasteiger partial charge in [0, 0.05) is 4.66 Å².